The first kappa shape index (κ1) is 36.4. The number of carbonyl (C=O) groups excluding carboxylic acids is 2. The van der Waals surface area contributed by atoms with Crippen LogP contribution >= 0.6 is 23.2 Å². The summed E-state index contributed by atoms with van der Waals surface area (Å²) in [7, 11) is -1.44. The fourth-order valence-corrected chi connectivity index (χ4v) is 7.26. The van der Waals surface area contributed by atoms with Crippen LogP contribution in [0.5, 0.6) is 11.5 Å². The maximum absolute atomic E-state index is 14.8. The number of primary amides is 1. The van der Waals surface area contributed by atoms with E-state index in [9.17, 15) is 18.0 Å². The van der Waals surface area contributed by atoms with E-state index < -0.39 is 28.0 Å². The van der Waals surface area contributed by atoms with E-state index in [2.05, 4.69) is 4.72 Å². The number of nitrogens with two attached hydrogens (primary N) is 1. The summed E-state index contributed by atoms with van der Waals surface area (Å²) >= 11 is 12.6. The van der Waals surface area contributed by atoms with Gasteiger partial charge in [0.15, 0.2) is 0 Å². The molecule has 2 aliphatic heterocycles. The molecule has 0 saturated carbocycles. The molecule has 0 spiro atoms. The highest BCUT2D eigenvalue weighted by atomic mass is 35.5. The smallest absolute Gasteiger partial charge is 0.326 e. The largest absolute Gasteiger partial charge is 0.495 e. The number of nitrogens with zero attached hydrogens (tertiary/aromatic N) is 4. The predicted octanol–water partition coefficient (Wildman–Crippen LogP) is 4.05. The van der Waals surface area contributed by atoms with Gasteiger partial charge in [-0.15, -0.1) is 0 Å². The highest BCUT2D eigenvalue weighted by Gasteiger charge is 2.45. The molecule has 3 aromatic rings. The third-order valence-electron chi connectivity index (χ3n) is 8.21. The van der Waals surface area contributed by atoms with Crippen LogP contribution in [-0.4, -0.2) is 101 Å². The van der Waals surface area contributed by atoms with Crippen LogP contribution in [0.15, 0.2) is 70.6 Å². The standard InChI is InChI=1S/C33H38Cl2N6O7S/c1-4-48-26-18-27(47-3)28(49(44,45)37-20-46-2)17-25(26)32-38-30(21-5-9-23(34)10-6-21)31(22-7-11-24(35)12-8-22)41(32)33(43)40-15-13-39(14-16-40)19-29(36)42/h5-12,17-18,30-31,37H,4,13-16,19-20H2,1-3H3,(H2,36,42)/t30-,31+/m0/s1. The topological polar surface area (TPSA) is 156 Å². The molecule has 2 heterocycles. The summed E-state index contributed by atoms with van der Waals surface area (Å²) in [6.07, 6.45) is 0. The van der Waals surface area contributed by atoms with Crippen molar-refractivity contribution >= 4 is 51.0 Å². The van der Waals surface area contributed by atoms with Gasteiger partial charge < -0.3 is 24.8 Å². The van der Waals surface area contributed by atoms with Gasteiger partial charge in [0.2, 0.25) is 15.9 Å². The zero-order chi connectivity index (χ0) is 35.3. The molecular formula is C33H38Cl2N6O7S. The van der Waals surface area contributed by atoms with Crippen LogP contribution in [-0.2, 0) is 19.6 Å². The van der Waals surface area contributed by atoms with Crippen molar-refractivity contribution < 1.29 is 32.2 Å². The van der Waals surface area contributed by atoms with Gasteiger partial charge in [-0.25, -0.2) is 13.2 Å². The van der Waals surface area contributed by atoms with Crippen molar-refractivity contribution in [2.75, 3.05) is 60.3 Å². The molecular weight excluding hydrogens is 695 g/mol. The van der Waals surface area contributed by atoms with Crippen LogP contribution in [0.25, 0.3) is 0 Å². The Morgan fingerprint density at radius 1 is 0.939 bits per heavy atom. The van der Waals surface area contributed by atoms with Crippen LogP contribution < -0.4 is 19.9 Å². The van der Waals surface area contributed by atoms with Crippen molar-refractivity contribution in [3.05, 3.63) is 87.4 Å². The zero-order valence-corrected chi connectivity index (χ0v) is 29.6. The average Bonchev–Trinajstić information content (AvgIpc) is 3.48. The lowest BCUT2D eigenvalue weighted by Crippen LogP contribution is -2.55. The Morgan fingerprint density at radius 2 is 1.55 bits per heavy atom. The normalized spacial score (nSPS) is 18.3. The van der Waals surface area contributed by atoms with Gasteiger partial charge in [-0.2, -0.15) is 4.72 Å². The first-order valence-electron chi connectivity index (χ1n) is 15.5. The van der Waals surface area contributed by atoms with Gasteiger partial charge in [0, 0.05) is 49.4 Å². The van der Waals surface area contributed by atoms with E-state index in [1.165, 1.54) is 26.4 Å². The van der Waals surface area contributed by atoms with E-state index in [-0.39, 0.29) is 53.7 Å². The molecule has 262 valence electrons. The molecule has 0 radical (unpaired) electrons. The number of halogens is 2. The van der Waals surface area contributed by atoms with Gasteiger partial charge in [0.1, 0.15) is 35.0 Å². The van der Waals surface area contributed by atoms with E-state index >= 15 is 0 Å². The molecule has 13 nitrogen and oxygen atoms in total. The van der Waals surface area contributed by atoms with E-state index in [1.807, 2.05) is 29.2 Å². The maximum Gasteiger partial charge on any atom is 0.326 e. The van der Waals surface area contributed by atoms with Crippen molar-refractivity contribution in [1.29, 1.82) is 0 Å². The Balaban J connectivity index is 1.72. The van der Waals surface area contributed by atoms with Crippen LogP contribution in [0.4, 0.5) is 4.79 Å². The Kier molecular flexibility index (Phi) is 11.7. The summed E-state index contributed by atoms with van der Waals surface area (Å²) in [5.41, 5.74) is 7.19. The SMILES string of the molecule is CCOc1cc(OC)c(S(=O)(=O)NCOC)cc1C1=N[C@@H](c2ccc(Cl)cc2)[C@@H](c2ccc(Cl)cc2)N1C(=O)N1CCN(CC(N)=O)CC1. The number of urea groups is 1. The number of hydrogen-bond donors (Lipinski definition) is 2. The number of nitrogens with one attached hydrogen (secondary N) is 1. The number of aliphatic imine (C=N–C) groups is 1. The number of benzene rings is 3. The van der Waals surface area contributed by atoms with E-state index in [0.29, 0.717) is 36.2 Å². The molecule has 1 saturated heterocycles. The summed E-state index contributed by atoms with van der Waals surface area (Å²) in [4.78, 5) is 36.5. The Bertz CT molecular complexity index is 1800. The fraction of sp³-hybridized carbons (Fsp3) is 0.364. The van der Waals surface area contributed by atoms with Gasteiger partial charge in [-0.05, 0) is 48.4 Å². The monoisotopic (exact) mass is 732 g/mol. The first-order valence-corrected chi connectivity index (χ1v) is 17.7. The number of sulfonamides is 1. The Hall–Kier alpha value is -3.92. The Labute approximate surface area is 295 Å². The molecule has 0 aliphatic carbocycles. The summed E-state index contributed by atoms with van der Waals surface area (Å²) in [5, 5.41) is 1.05. The first-order chi connectivity index (χ1) is 23.5. The number of piperazine rings is 1. The van der Waals surface area contributed by atoms with E-state index in [0.717, 1.165) is 11.1 Å². The van der Waals surface area contributed by atoms with E-state index in [4.69, 9.17) is 48.1 Å². The summed E-state index contributed by atoms with van der Waals surface area (Å²) < 4.78 is 45.9. The summed E-state index contributed by atoms with van der Waals surface area (Å²) in [6, 6.07) is 15.5. The minimum atomic E-state index is -4.16. The lowest BCUT2D eigenvalue weighted by Gasteiger charge is -2.38. The molecule has 2 atom stereocenters. The molecule has 0 unspecified atom stereocenters. The van der Waals surface area contributed by atoms with Crippen LogP contribution in [0.3, 0.4) is 0 Å². The number of hydrogen-bond acceptors (Lipinski definition) is 9. The molecule has 3 aromatic carbocycles. The summed E-state index contributed by atoms with van der Waals surface area (Å²) in [6.45, 7) is 3.32. The van der Waals surface area contributed by atoms with Crippen molar-refractivity contribution in [3.8, 4) is 11.5 Å². The Morgan fingerprint density at radius 3 is 2.10 bits per heavy atom. The number of amides is 3. The third kappa shape index (κ3) is 8.11. The van der Waals surface area contributed by atoms with Crippen molar-refractivity contribution in [3.63, 3.8) is 0 Å². The van der Waals surface area contributed by atoms with Crippen LogP contribution in [0, 0.1) is 0 Å². The average molecular weight is 734 g/mol. The lowest BCUT2D eigenvalue weighted by molar-refractivity contribution is -0.119. The van der Waals surface area contributed by atoms with Gasteiger partial charge in [-0.1, -0.05) is 47.5 Å². The second-order valence-corrected chi connectivity index (χ2v) is 13.9. The van der Waals surface area contributed by atoms with Crippen LogP contribution in [0.1, 0.15) is 35.7 Å². The molecule has 2 aliphatic rings. The quantitative estimate of drug-likeness (QED) is 0.264. The predicted molar refractivity (Wildman–Crippen MR) is 186 cm³/mol. The fourth-order valence-electron chi connectivity index (χ4n) is 5.90. The molecule has 1 fully saturated rings. The number of amidine groups is 1. The second kappa shape index (κ2) is 15.7. The minimum absolute atomic E-state index is 0.0290. The second-order valence-electron chi connectivity index (χ2n) is 11.3. The zero-order valence-electron chi connectivity index (χ0n) is 27.3. The van der Waals surface area contributed by atoms with E-state index in [1.54, 1.807) is 41.0 Å². The van der Waals surface area contributed by atoms with Gasteiger partial charge in [0.25, 0.3) is 0 Å². The van der Waals surface area contributed by atoms with Crippen LogP contribution in [0.2, 0.25) is 10.0 Å². The molecule has 5 rings (SSSR count). The third-order valence-corrected chi connectivity index (χ3v) is 10.1. The highest BCUT2D eigenvalue weighted by molar-refractivity contribution is 7.89. The number of ether oxygens (including phenoxy) is 3. The van der Waals surface area contributed by atoms with Gasteiger partial charge >= 0.3 is 6.03 Å². The molecule has 49 heavy (non-hydrogen) atoms. The molecule has 0 bridgehead atoms. The lowest BCUT2D eigenvalue weighted by atomic mass is 9.93. The van der Waals surface area contributed by atoms with Crippen molar-refractivity contribution in [2.45, 2.75) is 23.9 Å². The van der Waals surface area contributed by atoms with Gasteiger partial charge in [0.05, 0.1) is 31.9 Å². The molecule has 0 aromatic heterocycles. The maximum atomic E-state index is 14.8. The highest BCUT2D eigenvalue weighted by Crippen LogP contribution is 2.46. The number of rotatable bonds is 12. The summed E-state index contributed by atoms with van der Waals surface area (Å²) in [5.74, 6) is 0.0376. The molecule has 3 amide bonds. The number of methoxy groups -OCH3 is 2. The molecule has 16 heteroatoms. The molecule has 3 N–H and O–H groups in total. The van der Waals surface area contributed by atoms with Gasteiger partial charge in [-0.3, -0.25) is 19.6 Å². The van der Waals surface area contributed by atoms with Crippen molar-refractivity contribution in [1.82, 2.24) is 19.4 Å². The van der Waals surface area contributed by atoms with Crippen molar-refractivity contribution in [2.24, 2.45) is 10.7 Å². The minimum Gasteiger partial charge on any atom is -0.495 e. The number of carbonyl (C=O) groups is 2.